The van der Waals surface area contributed by atoms with E-state index in [9.17, 15) is 13.2 Å². The third kappa shape index (κ3) is 3.18. The Morgan fingerprint density at radius 2 is 1.57 bits per heavy atom. The van der Waals surface area contributed by atoms with Crippen LogP contribution in [-0.4, -0.2) is 31.7 Å². The fourth-order valence-corrected chi connectivity index (χ4v) is 8.20. The van der Waals surface area contributed by atoms with Gasteiger partial charge in [0.15, 0.2) is 0 Å². The Kier molecular flexibility index (Phi) is 4.55. The van der Waals surface area contributed by atoms with Crippen molar-refractivity contribution in [3.63, 3.8) is 0 Å². The first kappa shape index (κ1) is 18.6. The molecule has 1 aromatic carbocycles. The van der Waals surface area contributed by atoms with Gasteiger partial charge in [-0.25, -0.2) is 8.42 Å². The van der Waals surface area contributed by atoms with Crippen molar-refractivity contribution in [2.24, 2.45) is 23.2 Å². The van der Waals surface area contributed by atoms with Crippen LogP contribution in [0.4, 0.5) is 5.69 Å². The van der Waals surface area contributed by atoms with Crippen molar-refractivity contribution >= 4 is 21.6 Å². The van der Waals surface area contributed by atoms with E-state index < -0.39 is 10.0 Å². The number of rotatable bonds is 4. The second kappa shape index (κ2) is 6.84. The van der Waals surface area contributed by atoms with Crippen molar-refractivity contribution in [2.75, 3.05) is 18.4 Å². The topological polar surface area (TPSA) is 66.5 Å². The first-order valence-electron chi connectivity index (χ1n) is 10.9. The summed E-state index contributed by atoms with van der Waals surface area (Å²) < 4.78 is 27.5. The van der Waals surface area contributed by atoms with Crippen molar-refractivity contribution in [1.29, 1.82) is 0 Å². The van der Waals surface area contributed by atoms with Crippen LogP contribution in [0.5, 0.6) is 0 Å². The molecule has 1 N–H and O–H groups in total. The molecular formula is C22H30N2O3S. The van der Waals surface area contributed by atoms with Crippen LogP contribution in [-0.2, 0) is 14.8 Å². The highest BCUT2D eigenvalue weighted by molar-refractivity contribution is 7.89. The number of amides is 1. The van der Waals surface area contributed by atoms with Crippen molar-refractivity contribution in [3.05, 3.63) is 24.3 Å². The third-order valence-corrected chi connectivity index (χ3v) is 9.46. The Labute approximate surface area is 167 Å². The molecule has 0 aromatic heterocycles. The Bertz CT molecular complexity index is 838. The van der Waals surface area contributed by atoms with Gasteiger partial charge in [-0.1, -0.05) is 12.5 Å². The Morgan fingerprint density at radius 1 is 0.964 bits per heavy atom. The predicted molar refractivity (Wildman–Crippen MR) is 108 cm³/mol. The van der Waals surface area contributed by atoms with Crippen LogP contribution in [0.25, 0.3) is 0 Å². The molecule has 5 aliphatic rings. The lowest BCUT2D eigenvalue weighted by atomic mass is 9.49. The van der Waals surface area contributed by atoms with E-state index in [1.54, 1.807) is 22.5 Å². The summed E-state index contributed by atoms with van der Waals surface area (Å²) in [5.41, 5.74) is 0.384. The largest absolute Gasteiger partial charge is 0.326 e. The summed E-state index contributed by atoms with van der Waals surface area (Å²) in [6.07, 6.45) is 9.86. The van der Waals surface area contributed by atoms with Crippen LogP contribution in [0.3, 0.4) is 0 Å². The van der Waals surface area contributed by atoms with Crippen molar-refractivity contribution in [3.8, 4) is 0 Å². The van der Waals surface area contributed by atoms with Crippen LogP contribution in [0.2, 0.25) is 0 Å². The molecule has 1 aromatic rings. The molecular weight excluding hydrogens is 372 g/mol. The molecule has 5 nitrogen and oxygen atoms in total. The molecule has 6 heteroatoms. The monoisotopic (exact) mass is 402 g/mol. The van der Waals surface area contributed by atoms with Crippen molar-refractivity contribution in [2.45, 2.75) is 62.7 Å². The molecule has 1 heterocycles. The zero-order valence-electron chi connectivity index (χ0n) is 16.4. The molecule has 0 spiro atoms. The molecule has 1 aliphatic heterocycles. The second-order valence-corrected chi connectivity index (χ2v) is 11.6. The number of carbonyl (C=O) groups is 1. The highest BCUT2D eigenvalue weighted by atomic mass is 32.2. The first-order chi connectivity index (χ1) is 13.4. The van der Waals surface area contributed by atoms with Gasteiger partial charge in [0.05, 0.1) is 10.3 Å². The van der Waals surface area contributed by atoms with E-state index in [0.29, 0.717) is 36.5 Å². The summed E-state index contributed by atoms with van der Waals surface area (Å²) in [6, 6.07) is 6.84. The van der Waals surface area contributed by atoms with Crippen molar-refractivity contribution < 1.29 is 13.2 Å². The van der Waals surface area contributed by atoms with Crippen LogP contribution in [0, 0.1) is 23.2 Å². The molecule has 4 aliphatic carbocycles. The number of hydrogen-bond acceptors (Lipinski definition) is 3. The van der Waals surface area contributed by atoms with Gasteiger partial charge in [-0.3, -0.25) is 4.79 Å². The molecule has 152 valence electrons. The Hall–Kier alpha value is -1.40. The molecule has 28 heavy (non-hydrogen) atoms. The van der Waals surface area contributed by atoms with Gasteiger partial charge >= 0.3 is 0 Å². The molecule has 0 unspecified atom stereocenters. The first-order valence-corrected chi connectivity index (χ1v) is 12.3. The Morgan fingerprint density at radius 3 is 2.18 bits per heavy atom. The fourth-order valence-electron chi connectivity index (χ4n) is 6.64. The van der Waals surface area contributed by atoms with Crippen LogP contribution >= 0.6 is 0 Å². The van der Waals surface area contributed by atoms with Gasteiger partial charge in [-0.05, 0) is 87.3 Å². The maximum Gasteiger partial charge on any atom is 0.243 e. The van der Waals surface area contributed by atoms with E-state index in [-0.39, 0.29) is 16.2 Å². The van der Waals surface area contributed by atoms with Crippen molar-refractivity contribution in [1.82, 2.24) is 4.31 Å². The lowest BCUT2D eigenvalue weighted by Crippen LogP contribution is -2.51. The van der Waals surface area contributed by atoms with Gasteiger partial charge in [0, 0.05) is 18.8 Å². The number of nitrogens with one attached hydrogen (secondary N) is 1. The van der Waals surface area contributed by atoms with Gasteiger partial charge in [0.1, 0.15) is 0 Å². The SMILES string of the molecule is O=C(Nc1cccc(S(=O)(=O)N2CCCCC2)c1)C12CC3CC(CC(C3)C1)C2. The average Bonchev–Trinajstić information content (AvgIpc) is 2.68. The lowest BCUT2D eigenvalue weighted by molar-refractivity contribution is -0.140. The van der Waals surface area contributed by atoms with E-state index in [1.807, 2.05) is 6.07 Å². The molecule has 6 rings (SSSR count). The highest BCUT2D eigenvalue weighted by Crippen LogP contribution is 2.60. The van der Waals surface area contributed by atoms with E-state index in [1.165, 1.54) is 19.3 Å². The minimum atomic E-state index is -3.48. The van der Waals surface area contributed by atoms with E-state index in [2.05, 4.69) is 5.32 Å². The maximum atomic E-state index is 13.3. The zero-order valence-corrected chi connectivity index (χ0v) is 17.2. The van der Waals surface area contributed by atoms with Crippen LogP contribution in [0.1, 0.15) is 57.8 Å². The van der Waals surface area contributed by atoms with E-state index in [0.717, 1.165) is 38.5 Å². The number of benzene rings is 1. The number of carbonyl (C=O) groups excluding carboxylic acids is 1. The standard InChI is InChI=1S/C22H30N2O3S/c25-21(22-13-16-9-17(14-22)11-18(10-16)15-22)23-19-5-4-6-20(12-19)28(26,27)24-7-2-1-3-8-24/h4-6,12,16-18H,1-3,7-11,13-15H2,(H,23,25). The Balaban J connectivity index is 1.35. The number of piperidine rings is 1. The van der Waals surface area contributed by atoms with E-state index in [4.69, 9.17) is 0 Å². The van der Waals surface area contributed by atoms with Crippen LogP contribution in [0.15, 0.2) is 29.2 Å². The maximum absolute atomic E-state index is 13.3. The summed E-state index contributed by atoms with van der Waals surface area (Å²) in [6.45, 7) is 1.18. The van der Waals surface area contributed by atoms with Gasteiger partial charge in [0.2, 0.25) is 15.9 Å². The smallest absolute Gasteiger partial charge is 0.243 e. The van der Waals surface area contributed by atoms with Crippen LogP contribution < -0.4 is 5.32 Å². The summed E-state index contributed by atoms with van der Waals surface area (Å²) in [4.78, 5) is 13.5. The quantitative estimate of drug-likeness (QED) is 0.827. The van der Waals surface area contributed by atoms with Gasteiger partial charge in [-0.15, -0.1) is 0 Å². The molecule has 0 radical (unpaired) electrons. The number of nitrogens with zero attached hydrogens (tertiary/aromatic N) is 1. The minimum Gasteiger partial charge on any atom is -0.326 e. The molecule has 5 fully saturated rings. The second-order valence-electron chi connectivity index (χ2n) is 9.64. The summed E-state index contributed by atoms with van der Waals surface area (Å²) in [5.74, 6) is 2.24. The molecule has 1 amide bonds. The fraction of sp³-hybridized carbons (Fsp3) is 0.682. The summed E-state index contributed by atoms with van der Waals surface area (Å²) in [7, 11) is -3.48. The number of hydrogen-bond donors (Lipinski definition) is 1. The normalized spacial score (nSPS) is 35.1. The van der Waals surface area contributed by atoms with Gasteiger partial charge in [0.25, 0.3) is 0 Å². The molecule has 4 bridgehead atoms. The summed E-state index contributed by atoms with van der Waals surface area (Å²) in [5, 5.41) is 3.09. The average molecular weight is 403 g/mol. The number of anilines is 1. The van der Waals surface area contributed by atoms with E-state index >= 15 is 0 Å². The highest BCUT2D eigenvalue weighted by Gasteiger charge is 2.54. The number of sulfonamides is 1. The third-order valence-electron chi connectivity index (χ3n) is 7.56. The lowest BCUT2D eigenvalue weighted by Gasteiger charge is -2.55. The minimum absolute atomic E-state index is 0.110. The molecule has 1 saturated heterocycles. The molecule has 4 saturated carbocycles. The summed E-state index contributed by atoms with van der Waals surface area (Å²) >= 11 is 0. The predicted octanol–water partition coefficient (Wildman–Crippen LogP) is 4.02. The van der Waals surface area contributed by atoms with Gasteiger partial charge < -0.3 is 5.32 Å². The molecule has 0 atom stereocenters. The zero-order chi connectivity index (χ0) is 19.4. The van der Waals surface area contributed by atoms with Gasteiger partial charge in [-0.2, -0.15) is 4.31 Å².